The Morgan fingerprint density at radius 1 is 1.18 bits per heavy atom. The zero-order chi connectivity index (χ0) is 20.3. The van der Waals surface area contributed by atoms with Gasteiger partial charge in [0.1, 0.15) is 5.52 Å². The Balaban J connectivity index is 1.86. The molecule has 28 heavy (non-hydrogen) atoms. The first-order chi connectivity index (χ1) is 13.4. The largest absolute Gasteiger partial charge is 0.352 e. The van der Waals surface area contributed by atoms with Crippen molar-refractivity contribution in [3.05, 3.63) is 65.2 Å². The SMILES string of the molecule is CCNC(=O)c1cncc(C(C)Cc2ccc3c(cc(C(C)C)c[n+]3O)n2)c1. The van der Waals surface area contributed by atoms with E-state index in [2.05, 4.69) is 31.1 Å². The lowest BCUT2D eigenvalue weighted by Gasteiger charge is -2.13. The van der Waals surface area contributed by atoms with Crippen LogP contribution in [0.15, 0.2) is 42.9 Å². The molecule has 0 spiro atoms. The van der Waals surface area contributed by atoms with Gasteiger partial charge < -0.3 is 5.32 Å². The van der Waals surface area contributed by atoms with E-state index in [1.165, 1.54) is 0 Å². The summed E-state index contributed by atoms with van der Waals surface area (Å²) in [5, 5.41) is 13.0. The van der Waals surface area contributed by atoms with Gasteiger partial charge in [0.05, 0.1) is 5.56 Å². The van der Waals surface area contributed by atoms with E-state index in [1.807, 2.05) is 31.2 Å². The molecule has 3 aromatic rings. The molecule has 0 aliphatic rings. The summed E-state index contributed by atoms with van der Waals surface area (Å²) in [4.78, 5) is 21.0. The molecular formula is C22H27N4O2+. The molecule has 0 bridgehead atoms. The van der Waals surface area contributed by atoms with Crippen molar-refractivity contribution < 1.29 is 14.7 Å². The Hall–Kier alpha value is -3.02. The number of hydrogen-bond donors (Lipinski definition) is 2. The highest BCUT2D eigenvalue weighted by Gasteiger charge is 2.16. The van der Waals surface area contributed by atoms with E-state index in [0.717, 1.165) is 27.1 Å². The van der Waals surface area contributed by atoms with Crippen molar-refractivity contribution in [2.24, 2.45) is 0 Å². The number of nitrogens with one attached hydrogen (secondary N) is 1. The minimum absolute atomic E-state index is 0.110. The van der Waals surface area contributed by atoms with Gasteiger partial charge in [0, 0.05) is 41.0 Å². The summed E-state index contributed by atoms with van der Waals surface area (Å²) < 4.78 is 1.14. The van der Waals surface area contributed by atoms with Crippen LogP contribution in [-0.2, 0) is 6.42 Å². The predicted molar refractivity (Wildman–Crippen MR) is 108 cm³/mol. The molecule has 6 nitrogen and oxygen atoms in total. The first kappa shape index (κ1) is 19.7. The lowest BCUT2D eigenvalue weighted by Crippen LogP contribution is -2.31. The second-order valence-corrected chi connectivity index (χ2v) is 7.45. The molecule has 0 aliphatic heterocycles. The molecular weight excluding hydrogens is 352 g/mol. The van der Waals surface area contributed by atoms with E-state index in [4.69, 9.17) is 4.98 Å². The third-order valence-corrected chi connectivity index (χ3v) is 4.89. The summed E-state index contributed by atoms with van der Waals surface area (Å²) in [6.45, 7) is 8.75. The summed E-state index contributed by atoms with van der Waals surface area (Å²) in [5.74, 6) is 0.346. The van der Waals surface area contributed by atoms with Gasteiger partial charge >= 0.3 is 0 Å². The monoisotopic (exact) mass is 379 g/mol. The molecule has 0 saturated carbocycles. The molecule has 1 atom stereocenters. The fourth-order valence-corrected chi connectivity index (χ4v) is 3.19. The predicted octanol–water partition coefficient (Wildman–Crippen LogP) is 3.37. The molecule has 0 radical (unpaired) electrons. The summed E-state index contributed by atoms with van der Waals surface area (Å²) in [5.41, 5.74) is 4.99. The highest BCUT2D eigenvalue weighted by molar-refractivity contribution is 5.94. The number of fused-ring (bicyclic) bond motifs is 1. The van der Waals surface area contributed by atoms with Gasteiger partial charge in [-0.3, -0.25) is 15.0 Å². The quantitative estimate of drug-likeness (QED) is 0.508. The van der Waals surface area contributed by atoms with Crippen LogP contribution in [0.1, 0.15) is 66.7 Å². The van der Waals surface area contributed by atoms with Crippen LogP contribution in [0.25, 0.3) is 11.0 Å². The van der Waals surface area contributed by atoms with Crippen molar-refractivity contribution in [3.8, 4) is 0 Å². The first-order valence-electron chi connectivity index (χ1n) is 9.66. The standard InChI is InChI=1S/C22H26N4O2/c1-5-24-22(27)17-9-16(11-23-12-17)15(4)8-19-6-7-21-20(25-19)10-18(14(2)3)13-26(21)28/h6-7,9-15H,5,8H2,1-4H3,(H-,24,25,27,28)/p+1. The van der Waals surface area contributed by atoms with Gasteiger partial charge in [-0.05, 0) is 48.9 Å². The van der Waals surface area contributed by atoms with Crippen LogP contribution in [-0.4, -0.2) is 27.6 Å². The number of rotatable bonds is 6. The lowest BCUT2D eigenvalue weighted by molar-refractivity contribution is -0.885. The fourth-order valence-electron chi connectivity index (χ4n) is 3.19. The van der Waals surface area contributed by atoms with E-state index in [0.29, 0.717) is 30.0 Å². The molecule has 0 saturated heterocycles. The van der Waals surface area contributed by atoms with Crippen LogP contribution in [0.3, 0.4) is 0 Å². The van der Waals surface area contributed by atoms with Gasteiger partial charge in [-0.2, -0.15) is 0 Å². The van der Waals surface area contributed by atoms with Crippen LogP contribution in [0.2, 0.25) is 0 Å². The number of pyridine rings is 3. The van der Waals surface area contributed by atoms with Crippen molar-refractivity contribution in [3.63, 3.8) is 0 Å². The third kappa shape index (κ3) is 4.27. The summed E-state index contributed by atoms with van der Waals surface area (Å²) in [6.07, 6.45) is 5.83. The Morgan fingerprint density at radius 2 is 1.96 bits per heavy atom. The molecule has 1 amide bonds. The molecule has 0 aromatic carbocycles. The first-order valence-corrected chi connectivity index (χ1v) is 9.66. The second kappa shape index (κ2) is 8.33. The molecule has 1 unspecified atom stereocenters. The number of nitrogens with zero attached hydrogens (tertiary/aromatic N) is 3. The normalized spacial score (nSPS) is 12.3. The van der Waals surface area contributed by atoms with E-state index in [9.17, 15) is 10.0 Å². The molecule has 0 aliphatic carbocycles. The average molecular weight is 379 g/mol. The minimum atomic E-state index is -0.110. The Labute approximate surface area is 165 Å². The van der Waals surface area contributed by atoms with Crippen LogP contribution >= 0.6 is 0 Å². The molecule has 0 fully saturated rings. The maximum atomic E-state index is 12.1. The Bertz CT molecular complexity index is 1000. The van der Waals surface area contributed by atoms with Crippen molar-refractivity contribution in [1.29, 1.82) is 0 Å². The number of carbonyl (C=O) groups excluding carboxylic acids is 1. The highest BCUT2D eigenvalue weighted by atomic mass is 16.5. The summed E-state index contributed by atoms with van der Waals surface area (Å²) in [7, 11) is 0. The van der Waals surface area contributed by atoms with Gasteiger partial charge in [-0.1, -0.05) is 20.8 Å². The van der Waals surface area contributed by atoms with Crippen LogP contribution < -0.4 is 10.0 Å². The van der Waals surface area contributed by atoms with E-state index >= 15 is 0 Å². The van der Waals surface area contributed by atoms with Crippen LogP contribution in [0.4, 0.5) is 0 Å². The molecule has 3 aromatic heterocycles. The highest BCUT2D eigenvalue weighted by Crippen LogP contribution is 2.22. The minimum Gasteiger partial charge on any atom is -0.352 e. The maximum absolute atomic E-state index is 12.1. The van der Waals surface area contributed by atoms with Crippen LogP contribution in [0, 0.1) is 0 Å². The van der Waals surface area contributed by atoms with Gasteiger partial charge in [0.15, 0.2) is 0 Å². The van der Waals surface area contributed by atoms with Crippen molar-refractivity contribution >= 4 is 16.9 Å². The number of carbonyl (C=O) groups is 1. The number of hydrogen-bond acceptors (Lipinski definition) is 4. The number of aromatic nitrogens is 3. The molecule has 3 heterocycles. The van der Waals surface area contributed by atoms with Crippen LogP contribution in [0.5, 0.6) is 0 Å². The Morgan fingerprint density at radius 3 is 2.68 bits per heavy atom. The zero-order valence-electron chi connectivity index (χ0n) is 16.8. The zero-order valence-corrected chi connectivity index (χ0v) is 16.8. The molecule has 146 valence electrons. The van der Waals surface area contributed by atoms with Crippen molar-refractivity contribution in [2.75, 3.05) is 6.54 Å². The third-order valence-electron chi connectivity index (χ3n) is 4.89. The Kier molecular flexibility index (Phi) is 5.87. The smallest absolute Gasteiger partial charge is 0.282 e. The topological polar surface area (TPSA) is 79.0 Å². The molecule has 6 heteroatoms. The molecule has 3 rings (SSSR count). The maximum Gasteiger partial charge on any atom is 0.282 e. The fraction of sp³-hybridized carbons (Fsp3) is 0.364. The van der Waals surface area contributed by atoms with E-state index < -0.39 is 0 Å². The van der Waals surface area contributed by atoms with Gasteiger partial charge in [0.25, 0.3) is 11.4 Å². The lowest BCUT2D eigenvalue weighted by atomic mass is 9.96. The summed E-state index contributed by atoms with van der Waals surface area (Å²) in [6, 6.07) is 7.74. The number of amides is 1. The van der Waals surface area contributed by atoms with E-state index in [1.54, 1.807) is 18.6 Å². The average Bonchev–Trinajstić information content (AvgIpc) is 2.68. The van der Waals surface area contributed by atoms with Gasteiger partial charge in [-0.25, -0.2) is 4.98 Å². The van der Waals surface area contributed by atoms with Gasteiger partial charge in [0.2, 0.25) is 6.20 Å². The van der Waals surface area contributed by atoms with Crippen molar-refractivity contribution in [2.45, 2.75) is 46.0 Å². The van der Waals surface area contributed by atoms with Crippen molar-refractivity contribution in [1.82, 2.24) is 15.3 Å². The van der Waals surface area contributed by atoms with E-state index in [-0.39, 0.29) is 11.8 Å². The van der Waals surface area contributed by atoms with Gasteiger partial charge in [-0.15, -0.1) is 0 Å². The molecule has 2 N–H and O–H groups in total. The summed E-state index contributed by atoms with van der Waals surface area (Å²) >= 11 is 0. The second-order valence-electron chi connectivity index (χ2n) is 7.45.